The van der Waals surface area contributed by atoms with Crippen LogP contribution in [0.2, 0.25) is 0 Å². The molecule has 0 aromatic carbocycles. The molecule has 106 valence electrons. The molecular weight excluding hydrogens is 258 g/mol. The molecule has 6 nitrogen and oxygen atoms in total. The minimum Gasteiger partial charge on any atom is -0.478 e. The lowest BCUT2D eigenvalue weighted by Crippen LogP contribution is -2.07. The number of rotatable bonds is 5. The van der Waals surface area contributed by atoms with Crippen molar-refractivity contribution in [1.82, 2.24) is 10.1 Å². The minimum absolute atomic E-state index is 0.157. The normalized spacial score (nSPS) is 10.8. The molecule has 2 heterocycles. The van der Waals surface area contributed by atoms with Gasteiger partial charge in [0.2, 0.25) is 0 Å². The average Bonchev–Trinajstić information content (AvgIpc) is 2.81. The van der Waals surface area contributed by atoms with Crippen LogP contribution in [0.5, 0.6) is 0 Å². The van der Waals surface area contributed by atoms with E-state index in [1.54, 1.807) is 6.07 Å². The van der Waals surface area contributed by atoms with E-state index >= 15 is 0 Å². The molecule has 0 spiro atoms. The van der Waals surface area contributed by atoms with Crippen LogP contribution in [-0.4, -0.2) is 21.2 Å². The van der Waals surface area contributed by atoms with E-state index in [0.29, 0.717) is 12.4 Å². The fraction of sp³-hybridized carbons (Fsp3) is 0.357. The van der Waals surface area contributed by atoms with Crippen LogP contribution >= 0.6 is 0 Å². The first-order valence-corrected chi connectivity index (χ1v) is 6.37. The number of carboxylic acid groups (broad SMARTS) is 1. The molecule has 0 aliphatic rings. The van der Waals surface area contributed by atoms with Crippen molar-refractivity contribution in [2.24, 2.45) is 0 Å². The van der Waals surface area contributed by atoms with Gasteiger partial charge in [-0.05, 0) is 25.0 Å². The number of nitrogens with one attached hydrogen (secondary N) is 1. The van der Waals surface area contributed by atoms with Gasteiger partial charge in [-0.25, -0.2) is 9.78 Å². The summed E-state index contributed by atoms with van der Waals surface area (Å²) in [5.74, 6) is 0.449. The maximum absolute atomic E-state index is 11.1. The fourth-order valence-electron chi connectivity index (χ4n) is 1.74. The van der Waals surface area contributed by atoms with Gasteiger partial charge in [0.05, 0.1) is 12.1 Å². The van der Waals surface area contributed by atoms with E-state index in [9.17, 15) is 4.79 Å². The van der Waals surface area contributed by atoms with Gasteiger partial charge in [-0.3, -0.25) is 0 Å². The molecule has 0 fully saturated rings. The van der Waals surface area contributed by atoms with E-state index in [4.69, 9.17) is 9.63 Å². The Morgan fingerprint density at radius 2 is 2.15 bits per heavy atom. The van der Waals surface area contributed by atoms with Crippen LogP contribution in [0.25, 0.3) is 0 Å². The second kappa shape index (κ2) is 5.73. The number of nitrogens with zero attached hydrogens (tertiary/aromatic N) is 2. The van der Waals surface area contributed by atoms with Crippen molar-refractivity contribution in [2.75, 3.05) is 5.32 Å². The van der Waals surface area contributed by atoms with Gasteiger partial charge in [0.15, 0.2) is 0 Å². The van der Waals surface area contributed by atoms with E-state index in [0.717, 1.165) is 17.1 Å². The smallest absolute Gasteiger partial charge is 0.335 e. The highest BCUT2D eigenvalue weighted by molar-refractivity contribution is 5.88. The summed E-state index contributed by atoms with van der Waals surface area (Å²) in [6, 6.07) is 4.93. The molecule has 0 amide bonds. The van der Waals surface area contributed by atoms with Crippen molar-refractivity contribution in [2.45, 2.75) is 33.2 Å². The van der Waals surface area contributed by atoms with E-state index in [1.165, 1.54) is 6.07 Å². The molecule has 0 saturated heterocycles. The van der Waals surface area contributed by atoms with Gasteiger partial charge in [-0.15, -0.1) is 0 Å². The molecule has 0 aliphatic heterocycles. The van der Waals surface area contributed by atoms with Crippen LogP contribution in [-0.2, 0) is 6.54 Å². The summed E-state index contributed by atoms with van der Waals surface area (Å²) in [6.45, 7) is 6.19. The Kier molecular flexibility index (Phi) is 4.02. The van der Waals surface area contributed by atoms with Crippen LogP contribution in [0, 0.1) is 6.92 Å². The Balaban J connectivity index is 2.19. The monoisotopic (exact) mass is 275 g/mol. The maximum atomic E-state index is 11.1. The SMILES string of the molecule is Cc1cc(CNc2cc(C(=O)O)cc(C(C)C)n2)no1. The quantitative estimate of drug-likeness (QED) is 0.872. The molecule has 0 bridgehead atoms. The second-order valence-corrected chi connectivity index (χ2v) is 4.91. The number of anilines is 1. The summed E-state index contributed by atoms with van der Waals surface area (Å²) < 4.78 is 4.97. The Morgan fingerprint density at radius 1 is 1.40 bits per heavy atom. The lowest BCUT2D eigenvalue weighted by Gasteiger charge is -2.10. The second-order valence-electron chi connectivity index (χ2n) is 4.91. The summed E-state index contributed by atoms with van der Waals surface area (Å²) in [5.41, 5.74) is 1.71. The molecule has 0 radical (unpaired) electrons. The molecule has 0 atom stereocenters. The summed E-state index contributed by atoms with van der Waals surface area (Å²) in [4.78, 5) is 15.5. The average molecular weight is 275 g/mol. The zero-order valence-electron chi connectivity index (χ0n) is 11.7. The van der Waals surface area contributed by atoms with Crippen LogP contribution in [0.15, 0.2) is 22.7 Å². The third-order valence-corrected chi connectivity index (χ3v) is 2.81. The van der Waals surface area contributed by atoms with Gasteiger partial charge in [-0.2, -0.15) is 0 Å². The van der Waals surface area contributed by atoms with Gasteiger partial charge >= 0.3 is 5.97 Å². The van der Waals surface area contributed by atoms with Crippen LogP contribution in [0.3, 0.4) is 0 Å². The first kappa shape index (κ1) is 14.0. The fourth-order valence-corrected chi connectivity index (χ4v) is 1.74. The predicted molar refractivity (Wildman–Crippen MR) is 73.9 cm³/mol. The summed E-state index contributed by atoms with van der Waals surface area (Å²) in [7, 11) is 0. The first-order valence-electron chi connectivity index (χ1n) is 6.37. The Labute approximate surface area is 116 Å². The van der Waals surface area contributed by atoms with Gasteiger partial charge in [-0.1, -0.05) is 19.0 Å². The Hall–Kier alpha value is -2.37. The largest absolute Gasteiger partial charge is 0.478 e. The predicted octanol–water partition coefficient (Wildman–Crippen LogP) is 2.81. The number of aryl methyl sites for hydroxylation is 1. The number of carbonyl (C=O) groups is 1. The highest BCUT2D eigenvalue weighted by Crippen LogP contribution is 2.18. The molecule has 2 N–H and O–H groups in total. The van der Waals surface area contributed by atoms with Crippen molar-refractivity contribution in [3.8, 4) is 0 Å². The third-order valence-electron chi connectivity index (χ3n) is 2.81. The summed E-state index contributed by atoms with van der Waals surface area (Å²) in [6.07, 6.45) is 0. The van der Waals surface area contributed by atoms with E-state index in [-0.39, 0.29) is 11.5 Å². The lowest BCUT2D eigenvalue weighted by molar-refractivity contribution is 0.0696. The highest BCUT2D eigenvalue weighted by atomic mass is 16.5. The van der Waals surface area contributed by atoms with Crippen molar-refractivity contribution < 1.29 is 14.4 Å². The Morgan fingerprint density at radius 3 is 2.70 bits per heavy atom. The lowest BCUT2D eigenvalue weighted by atomic mass is 10.1. The number of hydrogen-bond acceptors (Lipinski definition) is 5. The molecule has 0 saturated carbocycles. The van der Waals surface area contributed by atoms with Gasteiger partial charge in [0.1, 0.15) is 17.3 Å². The van der Waals surface area contributed by atoms with Gasteiger partial charge < -0.3 is 14.9 Å². The van der Waals surface area contributed by atoms with Gasteiger partial charge in [0, 0.05) is 11.8 Å². The first-order chi connectivity index (χ1) is 9.45. The molecule has 6 heteroatoms. The molecule has 2 aromatic rings. The zero-order valence-corrected chi connectivity index (χ0v) is 11.7. The summed E-state index contributed by atoms with van der Waals surface area (Å²) in [5, 5.41) is 16.1. The number of aromatic nitrogens is 2. The zero-order chi connectivity index (χ0) is 14.7. The molecule has 20 heavy (non-hydrogen) atoms. The topological polar surface area (TPSA) is 88.2 Å². The van der Waals surface area contributed by atoms with E-state index in [2.05, 4.69) is 15.5 Å². The van der Waals surface area contributed by atoms with Crippen molar-refractivity contribution in [3.05, 3.63) is 40.9 Å². The molecule has 0 aliphatic carbocycles. The minimum atomic E-state index is -0.963. The molecule has 0 unspecified atom stereocenters. The van der Waals surface area contributed by atoms with Crippen molar-refractivity contribution in [1.29, 1.82) is 0 Å². The van der Waals surface area contributed by atoms with Gasteiger partial charge in [0.25, 0.3) is 0 Å². The van der Waals surface area contributed by atoms with Crippen molar-refractivity contribution in [3.63, 3.8) is 0 Å². The summed E-state index contributed by atoms with van der Waals surface area (Å²) >= 11 is 0. The van der Waals surface area contributed by atoms with Crippen LogP contribution in [0.4, 0.5) is 5.82 Å². The number of carboxylic acids is 1. The number of aromatic carboxylic acids is 1. The maximum Gasteiger partial charge on any atom is 0.335 e. The number of hydrogen-bond donors (Lipinski definition) is 2. The van der Waals surface area contributed by atoms with Crippen LogP contribution < -0.4 is 5.32 Å². The number of pyridine rings is 1. The Bertz CT molecular complexity index is 620. The third kappa shape index (κ3) is 3.34. The molecule has 2 rings (SSSR count). The highest BCUT2D eigenvalue weighted by Gasteiger charge is 2.11. The molecule has 2 aromatic heterocycles. The van der Waals surface area contributed by atoms with E-state index in [1.807, 2.05) is 26.8 Å². The molecular formula is C14H17N3O3. The standard InChI is InChI=1S/C14H17N3O3/c1-8(2)12-5-10(14(18)19)6-13(16-12)15-7-11-4-9(3)20-17-11/h4-6,8H,7H2,1-3H3,(H,15,16)(H,18,19). The van der Waals surface area contributed by atoms with Crippen LogP contribution in [0.1, 0.15) is 47.3 Å². The van der Waals surface area contributed by atoms with E-state index < -0.39 is 5.97 Å². The van der Waals surface area contributed by atoms with Crippen molar-refractivity contribution >= 4 is 11.8 Å².